The number of fused-ring (bicyclic) bond motifs is 4. The maximum atomic E-state index is 12.0. The smallest absolute Gasteiger partial charge is 0.337 e. The molecule has 2 bridgehead atoms. The highest BCUT2D eigenvalue weighted by atomic mass is 16.6. The second kappa shape index (κ2) is 4.08. The maximum absolute atomic E-state index is 12.0. The number of esters is 2. The molecule has 2 saturated heterocycles. The lowest BCUT2D eigenvalue weighted by molar-refractivity contribution is -0.144. The van der Waals surface area contributed by atoms with E-state index >= 15 is 0 Å². The lowest BCUT2D eigenvalue weighted by Gasteiger charge is -2.25. The van der Waals surface area contributed by atoms with Gasteiger partial charge in [-0.1, -0.05) is 6.92 Å². The highest BCUT2D eigenvalue weighted by Gasteiger charge is 2.60. The van der Waals surface area contributed by atoms with E-state index in [1.165, 1.54) is 0 Å². The molecule has 1 N–H and O–H groups in total. The van der Waals surface area contributed by atoms with E-state index in [4.69, 9.17) is 14.2 Å². The van der Waals surface area contributed by atoms with Crippen LogP contribution in [0.1, 0.15) is 26.7 Å². The predicted molar refractivity (Wildman–Crippen MR) is 69.0 cm³/mol. The van der Waals surface area contributed by atoms with Crippen molar-refractivity contribution in [2.75, 3.05) is 0 Å². The molecule has 114 valence electrons. The molecular formula is C15H18O6. The van der Waals surface area contributed by atoms with Crippen molar-refractivity contribution in [2.24, 2.45) is 11.8 Å². The molecule has 0 unspecified atom stereocenters. The number of rotatable bonds is 0. The van der Waals surface area contributed by atoms with Gasteiger partial charge in [-0.05, 0) is 13.0 Å². The third-order valence-corrected chi connectivity index (χ3v) is 5.29. The van der Waals surface area contributed by atoms with Crippen molar-refractivity contribution >= 4 is 11.9 Å². The van der Waals surface area contributed by atoms with E-state index in [1.807, 2.05) is 6.92 Å². The average Bonchev–Trinajstić information content (AvgIpc) is 2.73. The Morgan fingerprint density at radius 2 is 2.10 bits per heavy atom. The summed E-state index contributed by atoms with van der Waals surface area (Å²) in [4.78, 5) is 23.9. The first-order valence-electron chi connectivity index (χ1n) is 7.38. The number of hydrogen-bond acceptors (Lipinski definition) is 6. The monoisotopic (exact) mass is 294 g/mol. The van der Waals surface area contributed by atoms with Gasteiger partial charge in [0.25, 0.3) is 0 Å². The highest BCUT2D eigenvalue weighted by Crippen LogP contribution is 2.49. The van der Waals surface area contributed by atoms with Crippen LogP contribution in [0.25, 0.3) is 0 Å². The minimum absolute atomic E-state index is 0.117. The van der Waals surface area contributed by atoms with E-state index in [-0.39, 0.29) is 35.6 Å². The Hall–Kier alpha value is -1.40. The summed E-state index contributed by atoms with van der Waals surface area (Å²) in [7, 11) is 0. The van der Waals surface area contributed by atoms with Crippen molar-refractivity contribution in [3.05, 3.63) is 11.6 Å². The van der Waals surface area contributed by atoms with Crippen LogP contribution < -0.4 is 0 Å². The molecule has 6 heteroatoms. The zero-order chi connectivity index (χ0) is 14.9. The quantitative estimate of drug-likeness (QED) is 0.512. The van der Waals surface area contributed by atoms with Crippen LogP contribution in [0.5, 0.6) is 0 Å². The number of carbonyl (C=O) groups is 2. The van der Waals surface area contributed by atoms with Gasteiger partial charge in [0, 0.05) is 18.8 Å². The molecule has 0 saturated carbocycles. The molecule has 4 aliphatic rings. The van der Waals surface area contributed by atoms with Gasteiger partial charge in [0.1, 0.15) is 12.2 Å². The van der Waals surface area contributed by atoms with E-state index in [9.17, 15) is 14.7 Å². The van der Waals surface area contributed by atoms with Crippen LogP contribution in [-0.4, -0.2) is 47.1 Å². The number of hydrogen-bond donors (Lipinski definition) is 1. The fourth-order valence-corrected chi connectivity index (χ4v) is 3.89. The molecule has 3 aliphatic heterocycles. The van der Waals surface area contributed by atoms with E-state index in [1.54, 1.807) is 13.0 Å². The highest BCUT2D eigenvalue weighted by molar-refractivity contribution is 5.92. The fourth-order valence-electron chi connectivity index (χ4n) is 3.89. The normalized spacial score (nSPS) is 51.5. The number of aliphatic hydroxyl groups excluding tert-OH is 1. The van der Waals surface area contributed by atoms with Gasteiger partial charge in [0.05, 0.1) is 29.3 Å². The summed E-state index contributed by atoms with van der Waals surface area (Å²) >= 11 is 0. The predicted octanol–water partition coefficient (Wildman–Crippen LogP) is 0.328. The minimum atomic E-state index is -0.876. The number of ether oxygens (including phenoxy) is 3. The first kappa shape index (κ1) is 13.3. The van der Waals surface area contributed by atoms with Crippen LogP contribution in [0.3, 0.4) is 0 Å². The van der Waals surface area contributed by atoms with Crippen molar-refractivity contribution in [3.63, 3.8) is 0 Å². The first-order chi connectivity index (χ1) is 9.89. The van der Waals surface area contributed by atoms with Crippen LogP contribution in [-0.2, 0) is 23.8 Å². The third-order valence-electron chi connectivity index (χ3n) is 5.29. The van der Waals surface area contributed by atoms with Crippen LogP contribution in [0, 0.1) is 11.8 Å². The number of aliphatic hydroxyl groups is 1. The zero-order valence-corrected chi connectivity index (χ0v) is 11.9. The summed E-state index contributed by atoms with van der Waals surface area (Å²) in [6.45, 7) is 3.75. The molecule has 7 atom stereocenters. The number of carbonyl (C=O) groups excluding carboxylic acids is 2. The molecule has 0 spiro atoms. The Kier molecular flexibility index (Phi) is 2.58. The maximum Gasteiger partial charge on any atom is 0.337 e. The van der Waals surface area contributed by atoms with Crippen molar-refractivity contribution in [3.8, 4) is 0 Å². The van der Waals surface area contributed by atoms with Crippen LogP contribution in [0.2, 0.25) is 0 Å². The van der Waals surface area contributed by atoms with Crippen molar-refractivity contribution in [1.82, 2.24) is 0 Å². The minimum Gasteiger partial charge on any atom is -0.462 e. The molecule has 3 heterocycles. The first-order valence-corrected chi connectivity index (χ1v) is 7.38. The molecule has 2 fully saturated rings. The molecule has 0 aromatic rings. The fraction of sp³-hybridized carbons (Fsp3) is 0.733. The van der Waals surface area contributed by atoms with Gasteiger partial charge in [-0.25, -0.2) is 4.79 Å². The van der Waals surface area contributed by atoms with Crippen molar-refractivity contribution < 1.29 is 28.9 Å². The summed E-state index contributed by atoms with van der Waals surface area (Å²) in [6, 6.07) is 0. The van der Waals surface area contributed by atoms with Crippen molar-refractivity contribution in [2.45, 2.75) is 56.7 Å². The lowest BCUT2D eigenvalue weighted by Crippen LogP contribution is -2.35. The Morgan fingerprint density at radius 1 is 1.33 bits per heavy atom. The van der Waals surface area contributed by atoms with Gasteiger partial charge in [0.2, 0.25) is 0 Å². The van der Waals surface area contributed by atoms with Gasteiger partial charge < -0.3 is 19.3 Å². The Morgan fingerprint density at radius 3 is 2.86 bits per heavy atom. The molecule has 4 rings (SSSR count). The Labute approximate surface area is 122 Å². The van der Waals surface area contributed by atoms with Gasteiger partial charge in [-0.2, -0.15) is 0 Å². The summed E-state index contributed by atoms with van der Waals surface area (Å²) in [5.74, 6) is -1.31. The largest absolute Gasteiger partial charge is 0.462 e. The van der Waals surface area contributed by atoms with E-state index in [0.717, 1.165) is 0 Å². The lowest BCUT2D eigenvalue weighted by atomic mass is 9.81. The molecule has 6 nitrogen and oxygen atoms in total. The van der Waals surface area contributed by atoms with Gasteiger partial charge in [-0.15, -0.1) is 0 Å². The topological polar surface area (TPSA) is 85.4 Å². The standard InChI is InChI=1S/C15H18O6/c1-6-12-9-3-7(14(18)19-9)8(16)4-11-15(2,21-11)5-10(12)20-13(6)17/h3,6,8-12,16H,4-5H2,1-2H3/t6-,8-,9+,10+,11-,12-,15+/m1/s1. The molecule has 0 aromatic carbocycles. The van der Waals surface area contributed by atoms with Crippen molar-refractivity contribution in [1.29, 1.82) is 0 Å². The Balaban J connectivity index is 1.74. The summed E-state index contributed by atoms with van der Waals surface area (Å²) in [5, 5.41) is 10.2. The van der Waals surface area contributed by atoms with E-state index < -0.39 is 23.8 Å². The molecule has 0 radical (unpaired) electrons. The number of epoxide rings is 1. The third kappa shape index (κ3) is 1.85. The van der Waals surface area contributed by atoms with Crippen LogP contribution >= 0.6 is 0 Å². The van der Waals surface area contributed by atoms with Gasteiger partial charge in [0.15, 0.2) is 0 Å². The molecule has 0 aromatic heterocycles. The van der Waals surface area contributed by atoms with Gasteiger partial charge >= 0.3 is 11.9 Å². The second-order valence-corrected chi connectivity index (χ2v) is 6.71. The zero-order valence-electron chi connectivity index (χ0n) is 11.9. The van der Waals surface area contributed by atoms with E-state index in [2.05, 4.69) is 0 Å². The summed E-state index contributed by atoms with van der Waals surface area (Å²) in [5.41, 5.74) is -0.112. The van der Waals surface area contributed by atoms with Crippen LogP contribution in [0.15, 0.2) is 11.6 Å². The molecule has 21 heavy (non-hydrogen) atoms. The second-order valence-electron chi connectivity index (χ2n) is 6.71. The molecular weight excluding hydrogens is 276 g/mol. The van der Waals surface area contributed by atoms with E-state index in [0.29, 0.717) is 12.8 Å². The SMILES string of the molecule is C[C@H]1C(=O)O[C@H]2C[C@]3(C)O[C@@H]3C[C@@H](O)C3=C[C@H](OC3=O)[C@H]21. The summed E-state index contributed by atoms with van der Waals surface area (Å²) in [6.07, 6.45) is 0.785. The van der Waals surface area contributed by atoms with Gasteiger partial charge in [-0.3, -0.25) is 4.79 Å². The molecule has 1 aliphatic carbocycles. The van der Waals surface area contributed by atoms with Crippen LogP contribution in [0.4, 0.5) is 0 Å². The summed E-state index contributed by atoms with van der Waals surface area (Å²) < 4.78 is 16.6. The molecule has 0 amide bonds. The average molecular weight is 294 g/mol. The Bertz CT molecular complexity index is 554.